The second-order valence-corrected chi connectivity index (χ2v) is 5.72. The first-order valence-corrected chi connectivity index (χ1v) is 7.03. The molecule has 0 saturated carbocycles. The Morgan fingerprint density at radius 2 is 1.86 bits per heavy atom. The first kappa shape index (κ1) is 13.9. The number of rotatable bonds is 2. The average molecular weight is 350 g/mol. The zero-order valence-electron chi connectivity index (χ0n) is 11.0. The van der Waals surface area contributed by atoms with Crippen molar-refractivity contribution in [3.8, 4) is 0 Å². The predicted molar refractivity (Wildman–Crippen MR) is 80.5 cm³/mol. The molecule has 106 valence electrons. The number of carbonyl (C=O) groups excluding carboxylic acids is 1. The minimum Gasteiger partial charge on any atom is -0.360 e. The van der Waals surface area contributed by atoms with E-state index in [0.29, 0.717) is 10.9 Å². The van der Waals surface area contributed by atoms with Crippen LogP contribution in [-0.2, 0) is 0 Å². The van der Waals surface area contributed by atoms with Crippen molar-refractivity contribution in [2.45, 2.75) is 6.92 Å². The van der Waals surface area contributed by atoms with Crippen molar-refractivity contribution in [3.63, 3.8) is 0 Å². The summed E-state index contributed by atoms with van der Waals surface area (Å²) in [4.78, 5) is 15.5. The molecule has 0 aliphatic heterocycles. The van der Waals surface area contributed by atoms with Crippen LogP contribution in [0, 0.1) is 18.6 Å². The summed E-state index contributed by atoms with van der Waals surface area (Å²) in [5.41, 5.74) is 1.24. The molecule has 21 heavy (non-hydrogen) atoms. The van der Waals surface area contributed by atoms with Gasteiger partial charge in [-0.3, -0.25) is 4.79 Å². The third kappa shape index (κ3) is 2.38. The minimum atomic E-state index is -0.852. The maximum atomic E-state index is 13.9. The van der Waals surface area contributed by atoms with Crippen LogP contribution in [0.2, 0.25) is 0 Å². The summed E-state index contributed by atoms with van der Waals surface area (Å²) < 4.78 is 28.0. The normalized spacial score (nSPS) is 11.0. The third-order valence-electron chi connectivity index (χ3n) is 3.38. The number of aromatic nitrogens is 1. The lowest BCUT2D eigenvalue weighted by Gasteiger charge is -2.04. The summed E-state index contributed by atoms with van der Waals surface area (Å²) in [6, 6.07) is 7.40. The van der Waals surface area contributed by atoms with E-state index in [-0.39, 0.29) is 11.1 Å². The van der Waals surface area contributed by atoms with Crippen molar-refractivity contribution < 1.29 is 13.6 Å². The maximum Gasteiger partial charge on any atom is 0.198 e. The van der Waals surface area contributed by atoms with Crippen LogP contribution in [0.1, 0.15) is 21.5 Å². The van der Waals surface area contributed by atoms with Gasteiger partial charge in [0.2, 0.25) is 0 Å². The molecule has 0 atom stereocenters. The summed E-state index contributed by atoms with van der Waals surface area (Å²) in [6.45, 7) is 1.50. The number of fused-ring (bicyclic) bond motifs is 1. The number of aromatic amines is 1. The van der Waals surface area contributed by atoms with Gasteiger partial charge in [-0.1, -0.05) is 22.0 Å². The largest absolute Gasteiger partial charge is 0.360 e. The van der Waals surface area contributed by atoms with Crippen molar-refractivity contribution in [2.24, 2.45) is 0 Å². The molecular weight excluding hydrogens is 340 g/mol. The Bertz CT molecular complexity index is 870. The van der Waals surface area contributed by atoms with Gasteiger partial charge in [0.15, 0.2) is 5.78 Å². The Hall–Kier alpha value is -2.01. The quantitative estimate of drug-likeness (QED) is 0.665. The molecule has 1 heterocycles. The smallest absolute Gasteiger partial charge is 0.198 e. The molecule has 2 aromatic carbocycles. The maximum absolute atomic E-state index is 13.9. The van der Waals surface area contributed by atoms with Crippen molar-refractivity contribution in [3.05, 3.63) is 69.3 Å². The highest BCUT2D eigenvalue weighted by Gasteiger charge is 2.19. The number of halogens is 3. The monoisotopic (exact) mass is 349 g/mol. The predicted octanol–water partition coefficient (Wildman–Crippen LogP) is 4.75. The summed E-state index contributed by atoms with van der Waals surface area (Å²) in [7, 11) is 0. The SMILES string of the molecule is Cc1cc(C(=O)c2c[nH]c3cc(Br)ccc23)c(F)cc1F. The molecule has 5 heteroatoms. The van der Waals surface area contributed by atoms with Gasteiger partial charge in [0.05, 0.1) is 5.56 Å². The zero-order valence-corrected chi connectivity index (χ0v) is 12.6. The Morgan fingerprint density at radius 3 is 2.62 bits per heavy atom. The van der Waals surface area contributed by atoms with E-state index in [1.807, 2.05) is 6.07 Å². The lowest BCUT2D eigenvalue weighted by molar-refractivity contribution is 0.103. The molecule has 3 aromatic rings. The molecule has 3 rings (SSSR count). The van der Waals surface area contributed by atoms with Crippen molar-refractivity contribution >= 4 is 32.6 Å². The fourth-order valence-electron chi connectivity index (χ4n) is 2.26. The molecule has 2 nitrogen and oxygen atoms in total. The van der Waals surface area contributed by atoms with Gasteiger partial charge in [0.1, 0.15) is 11.6 Å². The van der Waals surface area contributed by atoms with Crippen LogP contribution in [0.3, 0.4) is 0 Å². The highest BCUT2D eigenvalue weighted by Crippen LogP contribution is 2.26. The first-order valence-electron chi connectivity index (χ1n) is 6.24. The first-order chi connectivity index (χ1) is 9.97. The minimum absolute atomic E-state index is 0.127. The summed E-state index contributed by atoms with van der Waals surface area (Å²) in [5, 5.41) is 0.699. The lowest BCUT2D eigenvalue weighted by Crippen LogP contribution is -2.05. The Labute approximate surface area is 127 Å². The molecule has 0 radical (unpaired) electrons. The molecule has 1 aromatic heterocycles. The van der Waals surface area contributed by atoms with Crippen molar-refractivity contribution in [1.29, 1.82) is 0 Å². The molecule has 0 unspecified atom stereocenters. The van der Waals surface area contributed by atoms with Gasteiger partial charge < -0.3 is 4.98 Å². The molecule has 1 N–H and O–H groups in total. The molecule has 0 aliphatic carbocycles. The van der Waals surface area contributed by atoms with Crippen LogP contribution >= 0.6 is 15.9 Å². The summed E-state index contributed by atoms with van der Waals surface area (Å²) in [5.74, 6) is -1.98. The lowest BCUT2D eigenvalue weighted by atomic mass is 10.0. The molecule has 0 spiro atoms. The molecule has 0 bridgehead atoms. The van der Waals surface area contributed by atoms with Crippen molar-refractivity contribution in [2.75, 3.05) is 0 Å². The molecule has 0 fully saturated rings. The van der Waals surface area contributed by atoms with Gasteiger partial charge in [0.25, 0.3) is 0 Å². The number of H-pyrrole nitrogens is 1. The Balaban J connectivity index is 2.15. The second-order valence-electron chi connectivity index (χ2n) is 4.80. The summed E-state index contributed by atoms with van der Waals surface area (Å²) in [6.07, 6.45) is 1.54. The van der Waals surface area contributed by atoms with Crippen LogP contribution < -0.4 is 0 Å². The average Bonchev–Trinajstić information content (AvgIpc) is 2.85. The van der Waals surface area contributed by atoms with E-state index in [1.165, 1.54) is 19.2 Å². The highest BCUT2D eigenvalue weighted by molar-refractivity contribution is 9.10. The van der Waals surface area contributed by atoms with E-state index in [1.54, 1.807) is 12.1 Å². The van der Waals surface area contributed by atoms with Crippen molar-refractivity contribution in [1.82, 2.24) is 4.98 Å². The number of hydrogen-bond acceptors (Lipinski definition) is 1. The highest BCUT2D eigenvalue weighted by atomic mass is 79.9. The van der Waals surface area contributed by atoms with E-state index in [9.17, 15) is 13.6 Å². The Morgan fingerprint density at radius 1 is 1.10 bits per heavy atom. The number of ketones is 1. The van der Waals surface area contributed by atoms with Gasteiger partial charge in [-0.2, -0.15) is 0 Å². The molecule has 0 amide bonds. The molecular formula is C16H10BrF2NO. The van der Waals surface area contributed by atoms with Crippen LogP contribution in [0.15, 0.2) is 41.0 Å². The van der Waals surface area contributed by atoms with E-state index < -0.39 is 17.4 Å². The standard InChI is InChI=1S/C16H10BrF2NO/c1-8-4-11(14(19)6-13(8)18)16(21)12-7-20-15-5-9(17)2-3-10(12)15/h2-7,20H,1H3. The van der Waals surface area contributed by atoms with Crippen LogP contribution in [0.4, 0.5) is 8.78 Å². The van der Waals surface area contributed by atoms with Gasteiger partial charge in [-0.15, -0.1) is 0 Å². The molecule has 0 aliphatic rings. The Kier molecular flexibility index (Phi) is 3.37. The number of hydrogen-bond donors (Lipinski definition) is 1. The number of nitrogens with one attached hydrogen (secondary N) is 1. The van der Waals surface area contributed by atoms with E-state index in [2.05, 4.69) is 20.9 Å². The van der Waals surface area contributed by atoms with Gasteiger partial charge >= 0.3 is 0 Å². The number of aryl methyl sites for hydroxylation is 1. The number of benzene rings is 2. The van der Waals surface area contributed by atoms with Gasteiger partial charge in [-0.05, 0) is 30.7 Å². The van der Waals surface area contributed by atoms with E-state index in [0.717, 1.165) is 16.1 Å². The third-order valence-corrected chi connectivity index (χ3v) is 3.87. The van der Waals surface area contributed by atoms with E-state index in [4.69, 9.17) is 0 Å². The van der Waals surface area contributed by atoms with Crippen LogP contribution in [0.25, 0.3) is 10.9 Å². The summed E-state index contributed by atoms with van der Waals surface area (Å²) >= 11 is 3.35. The fourth-order valence-corrected chi connectivity index (χ4v) is 2.62. The number of carbonyl (C=O) groups is 1. The molecule has 0 saturated heterocycles. The topological polar surface area (TPSA) is 32.9 Å². The van der Waals surface area contributed by atoms with Gasteiger partial charge in [-0.25, -0.2) is 8.78 Å². The van der Waals surface area contributed by atoms with E-state index >= 15 is 0 Å². The van der Waals surface area contributed by atoms with Crippen LogP contribution in [0.5, 0.6) is 0 Å². The van der Waals surface area contributed by atoms with Crippen LogP contribution in [-0.4, -0.2) is 10.8 Å². The fraction of sp³-hybridized carbons (Fsp3) is 0.0625. The van der Waals surface area contributed by atoms with Gasteiger partial charge in [0, 0.05) is 33.2 Å². The second kappa shape index (κ2) is 5.07. The zero-order chi connectivity index (χ0) is 15.1.